The van der Waals surface area contributed by atoms with E-state index in [9.17, 15) is 9.90 Å². The van der Waals surface area contributed by atoms with E-state index in [0.717, 1.165) is 11.1 Å². The zero-order chi connectivity index (χ0) is 14.8. The Hall–Kier alpha value is -2.67. The van der Waals surface area contributed by atoms with Crippen molar-refractivity contribution in [2.75, 3.05) is 5.73 Å². The van der Waals surface area contributed by atoms with Crippen LogP contribution in [0.5, 0.6) is 0 Å². The number of nitrogens with two attached hydrogens (primary N) is 1. The normalized spacial score (nSPS) is 10.7. The van der Waals surface area contributed by atoms with Crippen molar-refractivity contribution in [3.63, 3.8) is 0 Å². The first kappa shape index (κ1) is 13.3. The van der Waals surface area contributed by atoms with E-state index < -0.39 is 5.97 Å². The molecule has 3 N–H and O–H groups in total. The number of carboxylic acid groups (broad SMARTS) is 1. The van der Waals surface area contributed by atoms with Crippen LogP contribution in [0, 0.1) is 0 Å². The average Bonchev–Trinajstić information content (AvgIpc) is 3.10. The lowest BCUT2D eigenvalue weighted by atomic mass is 10.1. The summed E-state index contributed by atoms with van der Waals surface area (Å²) in [6, 6.07) is 8.96. The molecule has 0 amide bonds. The highest BCUT2D eigenvalue weighted by Crippen LogP contribution is 2.24. The Kier molecular flexibility index (Phi) is 3.41. The van der Waals surface area contributed by atoms with Crippen molar-refractivity contribution in [1.82, 2.24) is 15.0 Å². The molecule has 0 aliphatic carbocycles. The molecule has 0 saturated heterocycles. The van der Waals surface area contributed by atoms with E-state index in [0.29, 0.717) is 17.9 Å². The number of nitrogen functional groups attached to an aromatic ring is 1. The Bertz CT molecular complexity index is 763. The zero-order valence-corrected chi connectivity index (χ0v) is 11.7. The molecule has 3 rings (SSSR count). The van der Waals surface area contributed by atoms with Crippen molar-refractivity contribution < 1.29 is 9.90 Å². The lowest BCUT2D eigenvalue weighted by Crippen LogP contribution is -2.05. The van der Waals surface area contributed by atoms with Crippen LogP contribution in [0.2, 0.25) is 0 Å². The maximum atomic E-state index is 11.3. The summed E-state index contributed by atoms with van der Waals surface area (Å²) >= 11 is 1.58. The number of aromatic carboxylic acids is 1. The fourth-order valence-corrected chi connectivity index (χ4v) is 2.71. The molecule has 21 heavy (non-hydrogen) atoms. The molecule has 0 unspecified atom stereocenters. The number of thiophene rings is 1. The van der Waals surface area contributed by atoms with Gasteiger partial charge in [0.15, 0.2) is 5.69 Å². The van der Waals surface area contributed by atoms with Gasteiger partial charge in [-0.2, -0.15) is 11.3 Å². The number of aromatic nitrogens is 3. The Morgan fingerprint density at radius 3 is 2.67 bits per heavy atom. The molecular formula is C14H12N4O2S. The van der Waals surface area contributed by atoms with Crippen LogP contribution in [0.3, 0.4) is 0 Å². The molecule has 0 radical (unpaired) electrons. The standard InChI is InChI=1S/C14H12N4O2S/c15-11-3-1-10(2-4-11)13-12(14(19)20)16-17-18(13)7-9-5-6-21-8-9/h1-6,8H,7,15H2,(H,19,20). The van der Waals surface area contributed by atoms with Gasteiger partial charge in [-0.15, -0.1) is 5.10 Å². The van der Waals surface area contributed by atoms with E-state index in [1.54, 1.807) is 40.3 Å². The van der Waals surface area contributed by atoms with Crippen molar-refractivity contribution in [2.24, 2.45) is 0 Å². The topological polar surface area (TPSA) is 94.0 Å². The van der Waals surface area contributed by atoms with Gasteiger partial charge < -0.3 is 10.8 Å². The first-order chi connectivity index (χ1) is 10.1. The highest BCUT2D eigenvalue weighted by atomic mass is 32.1. The predicted octanol–water partition coefficient (Wildman–Crippen LogP) is 2.34. The fraction of sp³-hybridized carbons (Fsp3) is 0.0714. The first-order valence-corrected chi connectivity index (χ1v) is 7.13. The number of hydrogen-bond donors (Lipinski definition) is 2. The van der Waals surface area contributed by atoms with E-state index in [1.165, 1.54) is 0 Å². The summed E-state index contributed by atoms with van der Waals surface area (Å²) in [6.07, 6.45) is 0. The van der Waals surface area contributed by atoms with Crippen LogP contribution in [0.15, 0.2) is 41.1 Å². The average molecular weight is 300 g/mol. The van der Waals surface area contributed by atoms with Crippen LogP contribution in [0.1, 0.15) is 16.1 Å². The van der Waals surface area contributed by atoms with Crippen molar-refractivity contribution in [3.05, 3.63) is 52.3 Å². The van der Waals surface area contributed by atoms with Crippen LogP contribution < -0.4 is 5.73 Å². The third-order valence-corrected chi connectivity index (χ3v) is 3.77. The molecule has 0 aliphatic rings. The van der Waals surface area contributed by atoms with E-state index in [1.807, 2.05) is 16.8 Å². The molecule has 0 bridgehead atoms. The Morgan fingerprint density at radius 2 is 2.05 bits per heavy atom. The third kappa shape index (κ3) is 2.63. The lowest BCUT2D eigenvalue weighted by Gasteiger charge is -2.06. The zero-order valence-electron chi connectivity index (χ0n) is 10.9. The summed E-state index contributed by atoms with van der Waals surface area (Å²) in [5.74, 6) is -1.10. The van der Waals surface area contributed by atoms with E-state index in [2.05, 4.69) is 10.3 Å². The van der Waals surface area contributed by atoms with Crippen molar-refractivity contribution in [2.45, 2.75) is 6.54 Å². The molecule has 3 aromatic rings. The molecule has 0 fully saturated rings. The van der Waals surface area contributed by atoms with Gasteiger partial charge in [0.25, 0.3) is 0 Å². The molecule has 2 heterocycles. The Balaban J connectivity index is 2.08. The Labute approximate surface area is 124 Å². The summed E-state index contributed by atoms with van der Waals surface area (Å²) in [5.41, 5.74) is 8.49. The lowest BCUT2D eigenvalue weighted by molar-refractivity contribution is 0.0691. The summed E-state index contributed by atoms with van der Waals surface area (Å²) in [6.45, 7) is 0.476. The monoisotopic (exact) mass is 300 g/mol. The van der Waals surface area contributed by atoms with Gasteiger partial charge in [0.1, 0.15) is 5.69 Å². The van der Waals surface area contributed by atoms with Gasteiger partial charge in [0.05, 0.1) is 6.54 Å². The maximum Gasteiger partial charge on any atom is 0.358 e. The van der Waals surface area contributed by atoms with Crippen molar-refractivity contribution in [3.8, 4) is 11.3 Å². The summed E-state index contributed by atoms with van der Waals surface area (Å²) in [7, 11) is 0. The van der Waals surface area contributed by atoms with Crippen LogP contribution in [0.25, 0.3) is 11.3 Å². The summed E-state index contributed by atoms with van der Waals surface area (Å²) in [5, 5.41) is 21.0. The number of nitrogens with zero attached hydrogens (tertiary/aromatic N) is 3. The molecule has 1 aromatic carbocycles. The second-order valence-electron chi connectivity index (χ2n) is 4.50. The molecule has 106 valence electrons. The van der Waals surface area contributed by atoms with E-state index in [-0.39, 0.29) is 5.69 Å². The van der Waals surface area contributed by atoms with Gasteiger partial charge in [-0.3, -0.25) is 0 Å². The number of anilines is 1. The van der Waals surface area contributed by atoms with Gasteiger partial charge >= 0.3 is 5.97 Å². The minimum atomic E-state index is -1.10. The maximum absolute atomic E-state index is 11.3. The third-order valence-electron chi connectivity index (χ3n) is 3.03. The van der Waals surface area contributed by atoms with Crippen LogP contribution >= 0.6 is 11.3 Å². The highest BCUT2D eigenvalue weighted by molar-refractivity contribution is 7.07. The number of carbonyl (C=O) groups is 1. The summed E-state index contributed by atoms with van der Waals surface area (Å²) in [4.78, 5) is 11.3. The van der Waals surface area contributed by atoms with Gasteiger partial charge in [0.2, 0.25) is 0 Å². The fourth-order valence-electron chi connectivity index (χ4n) is 2.05. The minimum Gasteiger partial charge on any atom is -0.476 e. The molecule has 0 spiro atoms. The molecule has 0 atom stereocenters. The quantitative estimate of drug-likeness (QED) is 0.721. The summed E-state index contributed by atoms with van der Waals surface area (Å²) < 4.78 is 1.59. The van der Waals surface area contributed by atoms with Gasteiger partial charge in [-0.25, -0.2) is 9.48 Å². The van der Waals surface area contributed by atoms with Gasteiger partial charge in [0, 0.05) is 11.3 Å². The van der Waals surface area contributed by atoms with Crippen molar-refractivity contribution in [1.29, 1.82) is 0 Å². The Morgan fingerprint density at radius 1 is 1.29 bits per heavy atom. The van der Waals surface area contributed by atoms with Crippen molar-refractivity contribution >= 4 is 23.0 Å². The van der Waals surface area contributed by atoms with E-state index >= 15 is 0 Å². The predicted molar refractivity (Wildman–Crippen MR) is 80.3 cm³/mol. The molecule has 7 heteroatoms. The second kappa shape index (κ2) is 5.37. The molecule has 6 nitrogen and oxygen atoms in total. The highest BCUT2D eigenvalue weighted by Gasteiger charge is 2.20. The van der Waals surface area contributed by atoms with Crippen LogP contribution in [0.4, 0.5) is 5.69 Å². The van der Waals surface area contributed by atoms with Crippen LogP contribution in [-0.4, -0.2) is 26.1 Å². The van der Waals surface area contributed by atoms with Gasteiger partial charge in [-0.05, 0) is 34.5 Å². The molecule has 0 aliphatic heterocycles. The van der Waals surface area contributed by atoms with Gasteiger partial charge in [-0.1, -0.05) is 17.3 Å². The SMILES string of the molecule is Nc1ccc(-c2c(C(=O)O)nnn2Cc2ccsc2)cc1. The van der Waals surface area contributed by atoms with E-state index in [4.69, 9.17) is 5.73 Å². The minimum absolute atomic E-state index is 0.0602. The van der Waals surface area contributed by atoms with Crippen LogP contribution in [-0.2, 0) is 6.54 Å². The number of rotatable bonds is 4. The number of benzene rings is 1. The number of hydrogen-bond acceptors (Lipinski definition) is 5. The molecule has 2 aromatic heterocycles. The smallest absolute Gasteiger partial charge is 0.358 e. The first-order valence-electron chi connectivity index (χ1n) is 6.19. The molecule has 0 saturated carbocycles. The number of carboxylic acids is 1. The largest absolute Gasteiger partial charge is 0.476 e. The second-order valence-corrected chi connectivity index (χ2v) is 5.28. The molecular weight excluding hydrogens is 288 g/mol.